The largest absolute Gasteiger partial charge is 0.497 e. The Morgan fingerprint density at radius 3 is 2.44 bits per heavy atom. The molecule has 10 heteroatoms. The van der Waals surface area contributed by atoms with Gasteiger partial charge in [0.1, 0.15) is 11.3 Å². The fraction of sp³-hybridized carbons (Fsp3) is 0.0455. The lowest BCUT2D eigenvalue weighted by Crippen LogP contribution is -2.54. The highest BCUT2D eigenvalue weighted by Gasteiger charge is 2.37. The smallest absolute Gasteiger partial charge is 0.335 e. The average Bonchev–Trinajstić information content (AvgIpc) is 3.25. The van der Waals surface area contributed by atoms with Crippen LogP contribution in [0.1, 0.15) is 5.69 Å². The minimum atomic E-state index is -0.864. The Morgan fingerprint density at radius 2 is 1.75 bits per heavy atom. The molecule has 160 valence electrons. The van der Waals surface area contributed by atoms with Crippen LogP contribution in [0.4, 0.5) is 16.2 Å². The number of benzene rings is 2. The number of aromatic nitrogens is 1. The Labute approximate surface area is 181 Å². The van der Waals surface area contributed by atoms with Gasteiger partial charge in [-0.15, -0.1) is 0 Å². The van der Waals surface area contributed by atoms with Crippen LogP contribution in [-0.2, 0) is 9.59 Å². The summed E-state index contributed by atoms with van der Waals surface area (Å²) in [5.41, 5.74) is 0.806. The van der Waals surface area contributed by atoms with Crippen LogP contribution in [0.5, 0.6) is 5.75 Å². The summed E-state index contributed by atoms with van der Waals surface area (Å²) in [7, 11) is 1.49. The molecule has 0 atom stereocenters. The lowest BCUT2D eigenvalue weighted by molar-refractivity contribution is -0.384. The topological polar surface area (TPSA) is 124 Å². The molecular formula is C22H16N4O6. The first-order valence-electron chi connectivity index (χ1n) is 9.37. The number of barbiturate groups is 1. The molecule has 1 aromatic heterocycles. The van der Waals surface area contributed by atoms with Gasteiger partial charge in [-0.25, -0.2) is 9.69 Å². The number of hydrogen-bond acceptors (Lipinski definition) is 6. The molecule has 0 saturated carbocycles. The van der Waals surface area contributed by atoms with Crippen molar-refractivity contribution in [3.8, 4) is 11.4 Å². The average molecular weight is 432 g/mol. The second-order valence-electron chi connectivity index (χ2n) is 6.74. The summed E-state index contributed by atoms with van der Waals surface area (Å²) < 4.78 is 6.67. The first-order valence-corrected chi connectivity index (χ1v) is 9.37. The van der Waals surface area contributed by atoms with Crippen molar-refractivity contribution in [2.75, 3.05) is 12.0 Å². The van der Waals surface area contributed by atoms with E-state index in [0.29, 0.717) is 17.1 Å². The van der Waals surface area contributed by atoms with Gasteiger partial charge in [-0.1, -0.05) is 6.07 Å². The van der Waals surface area contributed by atoms with Crippen LogP contribution in [0.3, 0.4) is 0 Å². The highest BCUT2D eigenvalue weighted by atomic mass is 16.6. The van der Waals surface area contributed by atoms with E-state index in [1.54, 1.807) is 41.1 Å². The Bertz CT molecular complexity index is 1280. The number of carbonyl (C=O) groups is 3. The Morgan fingerprint density at radius 1 is 1.00 bits per heavy atom. The van der Waals surface area contributed by atoms with Crippen molar-refractivity contribution in [3.63, 3.8) is 0 Å². The van der Waals surface area contributed by atoms with E-state index in [1.165, 1.54) is 43.5 Å². The summed E-state index contributed by atoms with van der Waals surface area (Å²) in [6.07, 6.45) is 2.97. The summed E-state index contributed by atoms with van der Waals surface area (Å²) in [5, 5.41) is 13.3. The predicted octanol–water partition coefficient (Wildman–Crippen LogP) is 3.06. The third-order valence-electron chi connectivity index (χ3n) is 4.82. The maximum Gasteiger partial charge on any atom is 0.335 e. The molecule has 1 saturated heterocycles. The number of nitrogens with one attached hydrogen (secondary N) is 1. The zero-order chi connectivity index (χ0) is 22.8. The monoisotopic (exact) mass is 432 g/mol. The molecule has 0 radical (unpaired) electrons. The van der Waals surface area contributed by atoms with Gasteiger partial charge >= 0.3 is 6.03 Å². The third kappa shape index (κ3) is 3.72. The van der Waals surface area contributed by atoms with Crippen LogP contribution < -0.4 is 15.0 Å². The maximum atomic E-state index is 13.1. The molecular weight excluding hydrogens is 416 g/mol. The molecule has 4 amide bonds. The van der Waals surface area contributed by atoms with Crippen molar-refractivity contribution in [1.82, 2.24) is 9.88 Å². The van der Waals surface area contributed by atoms with Crippen molar-refractivity contribution in [2.45, 2.75) is 0 Å². The number of anilines is 1. The summed E-state index contributed by atoms with van der Waals surface area (Å²) in [6, 6.07) is 14.6. The van der Waals surface area contributed by atoms with E-state index in [-0.39, 0.29) is 16.9 Å². The number of amides is 4. The van der Waals surface area contributed by atoms with Crippen molar-refractivity contribution >= 4 is 35.3 Å². The summed E-state index contributed by atoms with van der Waals surface area (Å²) in [4.78, 5) is 49.3. The fourth-order valence-electron chi connectivity index (χ4n) is 3.27. The highest BCUT2D eigenvalue weighted by Crippen LogP contribution is 2.25. The quantitative estimate of drug-likeness (QED) is 0.286. The summed E-state index contributed by atoms with van der Waals surface area (Å²) in [6.45, 7) is 0. The Hall–Kier alpha value is -4.73. The molecule has 2 aromatic carbocycles. The lowest BCUT2D eigenvalue weighted by atomic mass is 10.1. The molecule has 1 fully saturated rings. The van der Waals surface area contributed by atoms with Gasteiger partial charge in [0, 0.05) is 24.0 Å². The van der Waals surface area contributed by atoms with Gasteiger partial charge in [0.25, 0.3) is 17.5 Å². The van der Waals surface area contributed by atoms with Gasteiger partial charge < -0.3 is 9.30 Å². The molecule has 32 heavy (non-hydrogen) atoms. The molecule has 2 heterocycles. The van der Waals surface area contributed by atoms with Gasteiger partial charge in [0.2, 0.25) is 0 Å². The number of urea groups is 1. The maximum absolute atomic E-state index is 13.1. The van der Waals surface area contributed by atoms with Crippen LogP contribution in [-0.4, -0.2) is 34.4 Å². The van der Waals surface area contributed by atoms with E-state index in [2.05, 4.69) is 5.32 Å². The van der Waals surface area contributed by atoms with Gasteiger partial charge in [0.05, 0.1) is 23.4 Å². The van der Waals surface area contributed by atoms with Crippen molar-refractivity contribution in [2.24, 2.45) is 0 Å². The number of non-ortho nitro benzene ring substituents is 1. The van der Waals surface area contributed by atoms with Crippen LogP contribution in [0.25, 0.3) is 11.8 Å². The molecule has 0 aliphatic carbocycles. The SMILES string of the molecule is COc1ccc(N2C(=O)NC(=O)/C(=C/c3cccn3-c3cccc([N+](=O)[O-])c3)C2=O)cc1. The van der Waals surface area contributed by atoms with Gasteiger partial charge in [-0.3, -0.25) is 25.0 Å². The van der Waals surface area contributed by atoms with E-state index >= 15 is 0 Å². The second kappa shape index (κ2) is 8.19. The first kappa shape index (κ1) is 20.5. The molecule has 10 nitrogen and oxygen atoms in total. The van der Waals surface area contributed by atoms with E-state index < -0.39 is 22.8 Å². The number of hydrogen-bond donors (Lipinski definition) is 1. The zero-order valence-corrected chi connectivity index (χ0v) is 16.7. The van der Waals surface area contributed by atoms with E-state index in [0.717, 1.165) is 4.90 Å². The molecule has 0 spiro atoms. The van der Waals surface area contributed by atoms with Crippen molar-refractivity contribution < 1.29 is 24.0 Å². The third-order valence-corrected chi connectivity index (χ3v) is 4.82. The highest BCUT2D eigenvalue weighted by molar-refractivity contribution is 6.39. The Balaban J connectivity index is 1.72. The number of rotatable bonds is 5. The van der Waals surface area contributed by atoms with E-state index in [4.69, 9.17) is 4.74 Å². The molecule has 1 aliphatic rings. The van der Waals surface area contributed by atoms with E-state index in [9.17, 15) is 24.5 Å². The van der Waals surface area contributed by atoms with Crippen molar-refractivity contribution in [3.05, 3.63) is 88.2 Å². The number of nitro groups is 1. The predicted molar refractivity (Wildman–Crippen MR) is 114 cm³/mol. The number of nitro benzene ring substituents is 1. The standard InChI is InChI=1S/C22H16N4O6/c1-32-18-9-7-14(8-10-18)25-21(28)19(20(27)23-22(25)29)13-16-6-3-11-24(16)15-4-2-5-17(12-15)26(30)31/h2-13H,1H3,(H,23,27,29)/b19-13-. The molecule has 3 aromatic rings. The van der Waals surface area contributed by atoms with Gasteiger partial charge in [0.15, 0.2) is 0 Å². The number of nitrogens with zero attached hydrogens (tertiary/aromatic N) is 3. The minimum absolute atomic E-state index is 0.0995. The number of methoxy groups -OCH3 is 1. The number of imide groups is 2. The van der Waals surface area contributed by atoms with Gasteiger partial charge in [-0.05, 0) is 48.5 Å². The van der Waals surface area contributed by atoms with Crippen molar-refractivity contribution in [1.29, 1.82) is 0 Å². The molecule has 1 aliphatic heterocycles. The van der Waals surface area contributed by atoms with Crippen LogP contribution in [0.15, 0.2) is 72.4 Å². The molecule has 0 bridgehead atoms. The minimum Gasteiger partial charge on any atom is -0.497 e. The van der Waals surface area contributed by atoms with E-state index in [1.807, 2.05) is 0 Å². The number of ether oxygens (including phenoxy) is 1. The number of carbonyl (C=O) groups excluding carboxylic acids is 3. The van der Waals surface area contributed by atoms with Crippen LogP contribution in [0.2, 0.25) is 0 Å². The van der Waals surface area contributed by atoms with Gasteiger partial charge in [-0.2, -0.15) is 0 Å². The first-order chi connectivity index (χ1) is 15.4. The van der Waals surface area contributed by atoms with Crippen LogP contribution >= 0.6 is 0 Å². The molecule has 1 N–H and O–H groups in total. The lowest BCUT2D eigenvalue weighted by Gasteiger charge is -2.26. The zero-order valence-electron chi connectivity index (χ0n) is 16.7. The van der Waals surface area contributed by atoms with Crippen LogP contribution in [0, 0.1) is 10.1 Å². The fourth-order valence-corrected chi connectivity index (χ4v) is 3.27. The molecule has 4 rings (SSSR count). The molecule has 0 unspecified atom stereocenters. The summed E-state index contributed by atoms with van der Waals surface area (Å²) >= 11 is 0. The summed E-state index contributed by atoms with van der Waals surface area (Å²) in [5.74, 6) is -1.09. The Kier molecular flexibility index (Phi) is 5.25. The normalized spacial score (nSPS) is 15.1. The second-order valence-corrected chi connectivity index (χ2v) is 6.74.